The average molecular weight is 475 g/mol. The van der Waals surface area contributed by atoms with Crippen molar-refractivity contribution in [1.82, 2.24) is 5.32 Å². The third-order valence-electron chi connectivity index (χ3n) is 4.98. The predicted octanol–water partition coefficient (Wildman–Crippen LogP) is 2.75. The Balaban J connectivity index is 1.78. The molecule has 2 heterocycles. The van der Waals surface area contributed by atoms with Crippen molar-refractivity contribution >= 4 is 51.4 Å². The van der Waals surface area contributed by atoms with Crippen molar-refractivity contribution in [2.75, 3.05) is 29.6 Å². The van der Waals surface area contributed by atoms with Gasteiger partial charge in [-0.3, -0.25) is 14.4 Å². The zero-order valence-electron chi connectivity index (χ0n) is 19.0. The highest BCUT2D eigenvalue weighted by atomic mass is 32.1. The lowest BCUT2D eigenvalue weighted by atomic mass is 10.1. The van der Waals surface area contributed by atoms with Gasteiger partial charge in [0, 0.05) is 12.7 Å². The molecule has 0 saturated carbocycles. The van der Waals surface area contributed by atoms with Crippen LogP contribution < -0.4 is 26.0 Å². The summed E-state index contributed by atoms with van der Waals surface area (Å²) in [6.07, 6.45) is -0.580. The molecule has 1 aromatic carbocycles. The third-order valence-corrected chi connectivity index (χ3v) is 6.19. The molecule has 4 N–H and O–H groups in total. The molecule has 0 unspecified atom stereocenters. The number of ether oxygens (including phenoxy) is 2. The minimum atomic E-state index is -0.705. The van der Waals surface area contributed by atoms with Gasteiger partial charge in [-0.2, -0.15) is 0 Å². The molecule has 2 aromatic rings. The smallest absolute Gasteiger partial charge is 0.341 e. The SMILES string of the molecule is CCOC(=O)c1c(NC(=O)[C@@H](C)Nc2ccc3c(c2)NC(=O)[C@H](C)O3)sc(C(=O)NC)c1C. The highest BCUT2D eigenvalue weighted by Gasteiger charge is 2.28. The molecule has 2 atom stereocenters. The minimum Gasteiger partial charge on any atom is -0.479 e. The quantitative estimate of drug-likeness (QED) is 0.453. The molecule has 10 nitrogen and oxygen atoms in total. The second-order valence-corrected chi connectivity index (χ2v) is 8.40. The molecule has 0 spiro atoms. The molecule has 1 aliphatic rings. The zero-order valence-corrected chi connectivity index (χ0v) is 19.8. The van der Waals surface area contributed by atoms with Gasteiger partial charge in [-0.05, 0) is 51.5 Å². The molecule has 11 heteroatoms. The number of carbonyl (C=O) groups is 4. The molecule has 3 rings (SSSR count). The number of amides is 3. The molecular weight excluding hydrogens is 448 g/mol. The summed E-state index contributed by atoms with van der Waals surface area (Å²) in [5.41, 5.74) is 1.69. The number of rotatable bonds is 7. The molecule has 3 amide bonds. The number of hydrogen-bond acceptors (Lipinski definition) is 8. The van der Waals surface area contributed by atoms with Gasteiger partial charge < -0.3 is 30.7 Å². The highest BCUT2D eigenvalue weighted by molar-refractivity contribution is 7.18. The van der Waals surface area contributed by atoms with Crippen molar-refractivity contribution in [2.24, 2.45) is 0 Å². The monoisotopic (exact) mass is 474 g/mol. The number of thiophene rings is 1. The van der Waals surface area contributed by atoms with E-state index >= 15 is 0 Å². The summed E-state index contributed by atoms with van der Waals surface area (Å²) < 4.78 is 10.6. The summed E-state index contributed by atoms with van der Waals surface area (Å²) in [4.78, 5) is 49.7. The lowest BCUT2D eigenvalue weighted by Gasteiger charge is -2.24. The fourth-order valence-electron chi connectivity index (χ4n) is 3.21. The first-order chi connectivity index (χ1) is 15.7. The summed E-state index contributed by atoms with van der Waals surface area (Å²) in [5.74, 6) is -1.10. The number of nitrogens with one attached hydrogen (secondary N) is 4. The van der Waals surface area contributed by atoms with Gasteiger partial charge in [0.15, 0.2) is 6.10 Å². The molecule has 176 valence electrons. The minimum absolute atomic E-state index is 0.156. The highest BCUT2D eigenvalue weighted by Crippen LogP contribution is 2.35. The van der Waals surface area contributed by atoms with Gasteiger partial charge in [0.2, 0.25) is 5.91 Å². The van der Waals surface area contributed by atoms with E-state index in [1.807, 2.05) is 0 Å². The van der Waals surface area contributed by atoms with Gasteiger partial charge in [0.05, 0.1) is 22.7 Å². The summed E-state index contributed by atoms with van der Waals surface area (Å²) in [7, 11) is 1.49. The Labute approximate surface area is 195 Å². The maximum atomic E-state index is 12.9. The van der Waals surface area contributed by atoms with E-state index in [4.69, 9.17) is 9.47 Å². The van der Waals surface area contributed by atoms with Crippen molar-refractivity contribution in [3.63, 3.8) is 0 Å². The van der Waals surface area contributed by atoms with E-state index in [0.29, 0.717) is 27.6 Å². The van der Waals surface area contributed by atoms with Crippen LogP contribution in [0.15, 0.2) is 18.2 Å². The molecule has 1 aliphatic heterocycles. The molecule has 0 radical (unpaired) electrons. The maximum absolute atomic E-state index is 12.9. The third kappa shape index (κ3) is 5.08. The number of anilines is 3. The van der Waals surface area contributed by atoms with Gasteiger partial charge in [-0.15, -0.1) is 11.3 Å². The van der Waals surface area contributed by atoms with Crippen LogP contribution in [0.4, 0.5) is 16.4 Å². The van der Waals surface area contributed by atoms with Crippen LogP contribution in [0.25, 0.3) is 0 Å². The van der Waals surface area contributed by atoms with Crippen molar-refractivity contribution in [3.05, 3.63) is 34.2 Å². The predicted molar refractivity (Wildman–Crippen MR) is 125 cm³/mol. The van der Waals surface area contributed by atoms with Crippen molar-refractivity contribution in [3.8, 4) is 5.75 Å². The first-order valence-corrected chi connectivity index (χ1v) is 11.2. The summed E-state index contributed by atoms with van der Waals surface area (Å²) in [6, 6.07) is 4.40. The van der Waals surface area contributed by atoms with Crippen LogP contribution in [0, 0.1) is 6.92 Å². The second-order valence-electron chi connectivity index (χ2n) is 7.38. The first kappa shape index (κ1) is 24.1. The van der Waals surface area contributed by atoms with Gasteiger partial charge in [-0.25, -0.2) is 4.79 Å². The van der Waals surface area contributed by atoms with Crippen molar-refractivity contribution < 1.29 is 28.7 Å². The first-order valence-electron chi connectivity index (χ1n) is 10.4. The van der Waals surface area contributed by atoms with Gasteiger partial charge in [-0.1, -0.05) is 0 Å². The lowest BCUT2D eigenvalue weighted by Crippen LogP contribution is -2.34. The number of fused-ring (bicyclic) bond motifs is 1. The van der Waals surface area contributed by atoms with E-state index in [0.717, 1.165) is 11.3 Å². The van der Waals surface area contributed by atoms with Crippen LogP contribution in [0.3, 0.4) is 0 Å². The fourth-order valence-corrected chi connectivity index (χ4v) is 4.36. The zero-order chi connectivity index (χ0) is 24.3. The Kier molecular flexibility index (Phi) is 7.22. The normalized spacial score (nSPS) is 15.4. The maximum Gasteiger partial charge on any atom is 0.341 e. The number of carbonyl (C=O) groups excluding carboxylic acids is 4. The van der Waals surface area contributed by atoms with E-state index in [-0.39, 0.29) is 29.0 Å². The van der Waals surface area contributed by atoms with Crippen LogP contribution in [-0.2, 0) is 14.3 Å². The van der Waals surface area contributed by atoms with E-state index in [1.54, 1.807) is 45.9 Å². The number of hydrogen-bond donors (Lipinski definition) is 4. The average Bonchev–Trinajstić information content (AvgIpc) is 3.10. The topological polar surface area (TPSA) is 135 Å². The van der Waals surface area contributed by atoms with E-state index in [2.05, 4.69) is 21.3 Å². The molecule has 0 aliphatic carbocycles. The van der Waals surface area contributed by atoms with Crippen LogP contribution in [0.5, 0.6) is 5.75 Å². The van der Waals surface area contributed by atoms with Crippen LogP contribution in [-0.4, -0.2) is 49.5 Å². The molecule has 0 saturated heterocycles. The van der Waals surface area contributed by atoms with Gasteiger partial charge in [0.1, 0.15) is 16.8 Å². The Bertz CT molecular complexity index is 1110. The largest absolute Gasteiger partial charge is 0.479 e. The van der Waals surface area contributed by atoms with Gasteiger partial charge >= 0.3 is 5.97 Å². The molecular formula is C22H26N4O6S. The number of benzene rings is 1. The van der Waals surface area contributed by atoms with Crippen LogP contribution >= 0.6 is 11.3 Å². The Morgan fingerprint density at radius 1 is 1.30 bits per heavy atom. The number of esters is 1. The summed E-state index contributed by atoms with van der Waals surface area (Å²) in [5, 5.41) is 11.3. The van der Waals surface area contributed by atoms with Crippen LogP contribution in [0.2, 0.25) is 0 Å². The summed E-state index contributed by atoms with van der Waals surface area (Å²) in [6.45, 7) is 6.77. The van der Waals surface area contributed by atoms with E-state index < -0.39 is 24.0 Å². The Hall–Kier alpha value is -3.60. The Morgan fingerprint density at radius 3 is 2.70 bits per heavy atom. The molecule has 1 aromatic heterocycles. The fraction of sp³-hybridized carbons (Fsp3) is 0.364. The Morgan fingerprint density at radius 2 is 2.03 bits per heavy atom. The van der Waals surface area contributed by atoms with Crippen LogP contribution in [0.1, 0.15) is 46.4 Å². The molecule has 0 bridgehead atoms. The van der Waals surface area contributed by atoms with Gasteiger partial charge in [0.25, 0.3) is 11.8 Å². The lowest BCUT2D eigenvalue weighted by molar-refractivity contribution is -0.122. The summed E-state index contributed by atoms with van der Waals surface area (Å²) >= 11 is 1.01. The molecule has 33 heavy (non-hydrogen) atoms. The van der Waals surface area contributed by atoms with Crippen molar-refractivity contribution in [2.45, 2.75) is 39.8 Å². The second kappa shape index (κ2) is 9.90. The standard InChI is InChI=1S/C22H26N4O6S/c1-6-31-22(30)16-10(2)17(20(29)23-5)33-21(16)26-18(27)11(3)24-13-7-8-15-14(9-13)25-19(28)12(4)32-15/h7-9,11-12,24H,6H2,1-5H3,(H,23,29)(H,25,28)(H,26,27)/t11-,12+/m1/s1. The van der Waals surface area contributed by atoms with E-state index in [1.165, 1.54) is 7.05 Å². The van der Waals surface area contributed by atoms with E-state index in [9.17, 15) is 19.2 Å². The van der Waals surface area contributed by atoms with Crippen molar-refractivity contribution in [1.29, 1.82) is 0 Å². The molecule has 0 fully saturated rings.